The van der Waals surface area contributed by atoms with Crippen LogP contribution in [0, 0.1) is 0 Å². The molecule has 3 amide bonds. The van der Waals surface area contributed by atoms with Gasteiger partial charge in [0, 0.05) is 54.3 Å². The number of piperidine rings is 1. The van der Waals surface area contributed by atoms with Crippen LogP contribution in [0.1, 0.15) is 54.4 Å². The van der Waals surface area contributed by atoms with E-state index in [0.29, 0.717) is 5.56 Å². The maximum absolute atomic E-state index is 12.9. The van der Waals surface area contributed by atoms with E-state index < -0.39 is 0 Å². The first-order chi connectivity index (χ1) is 18.1. The zero-order valence-electron chi connectivity index (χ0n) is 21.5. The van der Waals surface area contributed by atoms with Gasteiger partial charge in [-0.15, -0.1) is 0 Å². The minimum Gasteiger partial charge on any atom is -0.361 e. The molecule has 0 aliphatic carbocycles. The number of hydrogen-bond donors (Lipinski definition) is 5. The van der Waals surface area contributed by atoms with Gasteiger partial charge in [0.25, 0.3) is 5.91 Å². The van der Waals surface area contributed by atoms with Crippen LogP contribution in [-0.2, 0) is 0 Å². The Balaban J connectivity index is 1.20. The maximum Gasteiger partial charge on any atom is 0.327 e. The van der Waals surface area contributed by atoms with Crippen LogP contribution in [0.15, 0.2) is 53.9 Å². The largest absolute Gasteiger partial charge is 0.361 e. The summed E-state index contributed by atoms with van der Waals surface area (Å²) in [4.78, 5) is 29.7. The van der Waals surface area contributed by atoms with E-state index in [1.54, 1.807) is 4.90 Å². The lowest BCUT2D eigenvalue weighted by Gasteiger charge is -2.34. The molecule has 1 aromatic carbocycles. The van der Waals surface area contributed by atoms with Gasteiger partial charge in [0.15, 0.2) is 0 Å². The fourth-order valence-corrected chi connectivity index (χ4v) is 5.36. The van der Waals surface area contributed by atoms with Crippen molar-refractivity contribution in [3.8, 4) is 0 Å². The number of fused-ring (bicyclic) bond motifs is 1. The molecule has 4 aliphatic rings. The molecule has 37 heavy (non-hydrogen) atoms. The molecule has 9 heteroatoms. The predicted molar refractivity (Wildman–Crippen MR) is 145 cm³/mol. The third-order valence-electron chi connectivity index (χ3n) is 7.60. The first kappa shape index (κ1) is 25.5. The van der Waals surface area contributed by atoms with E-state index in [2.05, 4.69) is 38.3 Å². The van der Waals surface area contributed by atoms with E-state index in [0.717, 1.165) is 87.5 Å². The van der Waals surface area contributed by atoms with Crippen molar-refractivity contribution in [3.63, 3.8) is 0 Å². The molecule has 1 saturated heterocycles. The number of urea groups is 1. The molecule has 1 unspecified atom stereocenters. The van der Waals surface area contributed by atoms with E-state index >= 15 is 0 Å². The number of amides is 3. The van der Waals surface area contributed by atoms with Gasteiger partial charge in [0.1, 0.15) is 6.17 Å². The Morgan fingerprint density at radius 2 is 1.89 bits per heavy atom. The fraction of sp³-hybridized carbons (Fsp3) is 0.500. The second kappa shape index (κ2) is 11.9. The lowest BCUT2D eigenvalue weighted by atomic mass is 10.0. The zero-order chi connectivity index (χ0) is 25.6. The summed E-state index contributed by atoms with van der Waals surface area (Å²) in [5.41, 5.74) is 10.2. The third-order valence-corrected chi connectivity index (χ3v) is 7.60. The average Bonchev–Trinajstić information content (AvgIpc) is 3.34. The van der Waals surface area contributed by atoms with Gasteiger partial charge in [0.05, 0.1) is 0 Å². The Hall–Kier alpha value is -3.14. The monoisotopic (exact) mass is 505 g/mol. The number of benzene rings is 1. The Bertz CT molecular complexity index is 1070. The van der Waals surface area contributed by atoms with Gasteiger partial charge in [-0.2, -0.15) is 0 Å². The minimum atomic E-state index is -0.245. The number of hydrogen-bond acceptors (Lipinski definition) is 6. The molecule has 1 fully saturated rings. The molecule has 1 atom stereocenters. The van der Waals surface area contributed by atoms with Crippen molar-refractivity contribution >= 4 is 17.6 Å². The first-order valence-electron chi connectivity index (χ1n) is 13.6. The van der Waals surface area contributed by atoms with Crippen LogP contribution in [0.2, 0.25) is 0 Å². The van der Waals surface area contributed by atoms with Crippen molar-refractivity contribution in [1.82, 2.24) is 31.1 Å². The lowest BCUT2D eigenvalue weighted by Crippen LogP contribution is -2.51. The fourth-order valence-electron chi connectivity index (χ4n) is 5.36. The van der Waals surface area contributed by atoms with E-state index in [4.69, 9.17) is 5.73 Å². The van der Waals surface area contributed by atoms with Crippen LogP contribution in [-0.4, -0.2) is 73.2 Å². The van der Waals surface area contributed by atoms with Crippen molar-refractivity contribution in [2.24, 2.45) is 5.73 Å². The number of carbonyl (C=O) groups is 2. The summed E-state index contributed by atoms with van der Waals surface area (Å²) in [6.45, 7) is 5.55. The molecule has 5 rings (SSSR count). The van der Waals surface area contributed by atoms with Gasteiger partial charge in [-0.05, 0) is 75.6 Å². The standard InChI is InChI=1S/C28H39N7O2/c29-12-2-1-3-15-34-16-10-24(11-17-34)35-19-22-18-25(32-26(22)33-28(35)37)20-4-6-21(7-5-20)27(36)31-23-8-13-30-14-9-23/h4-7,10,18-19,23,26,30,32H,1-3,8-9,11-17,29H2,(H,31,36)(H,33,37). The number of nitrogens with two attached hydrogens (primary N) is 1. The second-order valence-corrected chi connectivity index (χ2v) is 10.3. The lowest BCUT2D eigenvalue weighted by molar-refractivity contribution is 0.0929. The summed E-state index contributed by atoms with van der Waals surface area (Å²) < 4.78 is 0. The van der Waals surface area contributed by atoms with Gasteiger partial charge >= 0.3 is 6.03 Å². The summed E-state index contributed by atoms with van der Waals surface area (Å²) in [7, 11) is 0. The first-order valence-corrected chi connectivity index (χ1v) is 13.6. The van der Waals surface area contributed by atoms with Crippen LogP contribution in [0.4, 0.5) is 4.79 Å². The smallest absolute Gasteiger partial charge is 0.327 e. The van der Waals surface area contributed by atoms with Crippen LogP contribution < -0.4 is 27.0 Å². The molecule has 4 heterocycles. The van der Waals surface area contributed by atoms with Gasteiger partial charge in [-0.25, -0.2) is 4.79 Å². The van der Waals surface area contributed by atoms with Crippen molar-refractivity contribution in [2.45, 2.75) is 50.7 Å². The molecule has 0 saturated carbocycles. The van der Waals surface area contributed by atoms with Crippen LogP contribution in [0.3, 0.4) is 0 Å². The summed E-state index contributed by atoms with van der Waals surface area (Å²) in [6.07, 6.45) is 12.1. The average molecular weight is 506 g/mol. The van der Waals surface area contributed by atoms with Gasteiger partial charge < -0.3 is 27.0 Å². The highest BCUT2D eigenvalue weighted by Crippen LogP contribution is 2.28. The molecule has 4 aliphatic heterocycles. The molecule has 0 bridgehead atoms. The van der Waals surface area contributed by atoms with Crippen molar-refractivity contribution < 1.29 is 9.59 Å². The van der Waals surface area contributed by atoms with Crippen molar-refractivity contribution in [3.05, 3.63) is 65.0 Å². The topological polar surface area (TPSA) is 115 Å². The van der Waals surface area contributed by atoms with Crippen molar-refractivity contribution in [2.75, 3.05) is 39.3 Å². The quantitative estimate of drug-likeness (QED) is 0.328. The molecular formula is C28H39N7O2. The van der Waals surface area contributed by atoms with Crippen LogP contribution in [0.5, 0.6) is 0 Å². The SMILES string of the molecule is NCCCCCN1CC=C(N2C=C3C=C(c4ccc(C(=O)NC5CCNCC5)cc4)NC3NC2=O)CC1. The molecule has 1 aromatic rings. The van der Waals surface area contributed by atoms with E-state index in [-0.39, 0.29) is 24.1 Å². The molecule has 0 aromatic heterocycles. The number of nitrogens with one attached hydrogen (secondary N) is 4. The Morgan fingerprint density at radius 1 is 1.08 bits per heavy atom. The molecule has 0 radical (unpaired) electrons. The third kappa shape index (κ3) is 6.23. The number of nitrogens with zero attached hydrogens (tertiary/aromatic N) is 2. The van der Waals surface area contributed by atoms with Crippen LogP contribution >= 0.6 is 0 Å². The molecule has 198 valence electrons. The highest BCUT2D eigenvalue weighted by Gasteiger charge is 2.32. The molecule has 0 spiro atoms. The summed E-state index contributed by atoms with van der Waals surface area (Å²) in [5.74, 6) is -0.0269. The Kier molecular flexibility index (Phi) is 8.23. The van der Waals surface area contributed by atoms with E-state index in [9.17, 15) is 9.59 Å². The van der Waals surface area contributed by atoms with Gasteiger partial charge in [0.2, 0.25) is 0 Å². The molecular weight excluding hydrogens is 466 g/mol. The van der Waals surface area contributed by atoms with E-state index in [1.807, 2.05) is 30.5 Å². The summed E-state index contributed by atoms with van der Waals surface area (Å²) >= 11 is 0. The van der Waals surface area contributed by atoms with Gasteiger partial charge in [-0.1, -0.05) is 24.6 Å². The highest BCUT2D eigenvalue weighted by molar-refractivity contribution is 5.94. The molecule has 9 nitrogen and oxygen atoms in total. The Labute approximate surface area is 219 Å². The predicted octanol–water partition coefficient (Wildman–Crippen LogP) is 2.07. The number of unbranched alkanes of at least 4 members (excludes halogenated alkanes) is 2. The maximum atomic E-state index is 12.9. The Morgan fingerprint density at radius 3 is 2.62 bits per heavy atom. The summed E-state index contributed by atoms with van der Waals surface area (Å²) in [5, 5.41) is 12.9. The van der Waals surface area contributed by atoms with Crippen molar-refractivity contribution in [1.29, 1.82) is 0 Å². The number of carbonyl (C=O) groups excluding carboxylic acids is 2. The highest BCUT2D eigenvalue weighted by atomic mass is 16.2. The van der Waals surface area contributed by atoms with Gasteiger partial charge in [-0.3, -0.25) is 14.6 Å². The summed E-state index contributed by atoms with van der Waals surface area (Å²) in [6, 6.07) is 7.77. The minimum absolute atomic E-state index is 0.0269. The number of rotatable bonds is 9. The zero-order valence-corrected chi connectivity index (χ0v) is 21.5. The second-order valence-electron chi connectivity index (χ2n) is 10.3. The van der Waals surface area contributed by atoms with Crippen LogP contribution in [0.25, 0.3) is 5.70 Å². The van der Waals surface area contributed by atoms with E-state index in [1.165, 1.54) is 12.8 Å². The molecule has 6 N–H and O–H groups in total. The normalized spacial score (nSPS) is 22.4.